The first-order valence-corrected chi connectivity index (χ1v) is 38.4. The molecular weight excluding hydrogens is 1180 g/mol. The average molecular weight is 1280 g/mol. The zero-order valence-corrected chi connectivity index (χ0v) is 55.5. The molecule has 20 heteroatoms. The molecule has 5 heterocycles. The molecular formula is C68H101N3O14PS2-. The molecule has 0 radical (unpaired) electrons. The number of fused-ring (bicyclic) bond motifs is 4. The second kappa shape index (κ2) is 35.0. The molecule has 0 saturated heterocycles. The van der Waals surface area contributed by atoms with E-state index in [9.17, 15) is 40.4 Å². The first-order valence-electron chi connectivity index (χ1n) is 34.1. The molecule has 490 valence electrons. The summed E-state index contributed by atoms with van der Waals surface area (Å²) in [6, 6.07) is 7.62. The van der Waals surface area contributed by atoms with Gasteiger partial charge >= 0.3 is 11.9 Å². The van der Waals surface area contributed by atoms with Gasteiger partial charge in [0.15, 0.2) is 6.10 Å². The minimum atomic E-state index is -5.33. The second-order valence-corrected chi connectivity index (χ2v) is 29.7. The number of carbonyl (C=O) groups excluding carboxylic acids is 2. The van der Waals surface area contributed by atoms with Crippen molar-refractivity contribution in [2.45, 2.75) is 261 Å². The Morgan fingerprint density at radius 1 is 0.636 bits per heavy atom. The summed E-state index contributed by atoms with van der Waals surface area (Å²) < 4.78 is 115. The molecule has 1 unspecified atom stereocenters. The van der Waals surface area contributed by atoms with Crippen molar-refractivity contribution in [1.29, 1.82) is 0 Å². The molecule has 2 atom stereocenters. The van der Waals surface area contributed by atoms with E-state index >= 15 is 0 Å². The van der Waals surface area contributed by atoms with E-state index in [2.05, 4.69) is 40.2 Å². The van der Waals surface area contributed by atoms with Crippen molar-refractivity contribution in [3.05, 3.63) is 74.3 Å². The van der Waals surface area contributed by atoms with Crippen LogP contribution in [0.1, 0.15) is 253 Å². The number of unbranched alkanes of at least 4 members (excludes halogenated alkanes) is 24. The third kappa shape index (κ3) is 20.1. The normalized spacial score (nSPS) is 16.2. The number of carbonyl (C=O) groups is 2. The van der Waals surface area contributed by atoms with Gasteiger partial charge in [0.05, 0.1) is 28.6 Å². The van der Waals surface area contributed by atoms with Gasteiger partial charge in [-0.2, -0.15) is 0 Å². The Kier molecular flexibility index (Phi) is 27.7. The minimum absolute atomic E-state index is 0.0620. The van der Waals surface area contributed by atoms with Gasteiger partial charge in [0.1, 0.15) is 41.3 Å². The first-order chi connectivity index (χ1) is 42.6. The zero-order valence-electron chi connectivity index (χ0n) is 53.0. The number of phosphoric acid groups is 1. The highest BCUT2D eigenvalue weighted by atomic mass is 32.2. The third-order valence-corrected chi connectivity index (χ3v) is 21.5. The summed E-state index contributed by atoms with van der Waals surface area (Å²) in [5.41, 5.74) is 6.74. The maximum atomic E-state index is 14.0. The van der Waals surface area contributed by atoms with Gasteiger partial charge in [-0.15, -0.1) is 0 Å². The Morgan fingerprint density at radius 2 is 1.18 bits per heavy atom. The Bertz CT molecular complexity index is 3220. The van der Waals surface area contributed by atoms with Crippen LogP contribution < -0.4 is 34.4 Å². The molecule has 17 nitrogen and oxygen atoms in total. The van der Waals surface area contributed by atoms with E-state index in [4.69, 9.17) is 23.3 Å². The highest BCUT2D eigenvalue weighted by Crippen LogP contribution is 2.49. The summed E-state index contributed by atoms with van der Waals surface area (Å²) in [5, 5.41) is 1.82. The number of phosphoric ester groups is 1. The number of anilines is 1. The van der Waals surface area contributed by atoms with Gasteiger partial charge < -0.3 is 37.6 Å². The molecule has 0 aliphatic carbocycles. The molecule has 1 N–H and O–H groups in total. The van der Waals surface area contributed by atoms with Crippen LogP contribution in [0.2, 0.25) is 0 Å². The zero-order chi connectivity index (χ0) is 62.4. The van der Waals surface area contributed by atoms with E-state index < -0.39 is 82.2 Å². The van der Waals surface area contributed by atoms with Crippen molar-refractivity contribution in [2.24, 2.45) is 0 Å². The van der Waals surface area contributed by atoms with E-state index in [1.807, 2.05) is 0 Å². The molecule has 8 rings (SSSR count). The van der Waals surface area contributed by atoms with Crippen molar-refractivity contribution in [3.63, 3.8) is 0 Å². The fourth-order valence-electron chi connectivity index (χ4n) is 13.7. The van der Waals surface area contributed by atoms with Crippen LogP contribution in [0.4, 0.5) is 5.69 Å². The van der Waals surface area contributed by atoms with Crippen LogP contribution in [-0.4, -0.2) is 92.0 Å². The lowest BCUT2D eigenvalue weighted by Gasteiger charge is -2.39. The molecule has 0 amide bonds. The van der Waals surface area contributed by atoms with Gasteiger partial charge in [0.25, 0.3) is 7.82 Å². The van der Waals surface area contributed by atoms with Gasteiger partial charge in [0.2, 0.25) is 15.4 Å². The summed E-state index contributed by atoms with van der Waals surface area (Å²) in [5.74, 6) is 0.196. The molecule has 5 aliphatic heterocycles. The van der Waals surface area contributed by atoms with E-state index in [1.165, 1.54) is 121 Å². The topological polar surface area (TPSA) is 230 Å². The number of rotatable bonds is 42. The maximum Gasteiger partial charge on any atom is 0.306 e. The minimum Gasteiger partial charge on any atom is -0.756 e. The van der Waals surface area contributed by atoms with Crippen molar-refractivity contribution < 1.29 is 63.7 Å². The summed E-state index contributed by atoms with van der Waals surface area (Å²) in [6.45, 7) is 5.68. The van der Waals surface area contributed by atoms with Crippen molar-refractivity contribution in [3.8, 4) is 11.5 Å². The molecule has 3 aromatic carbocycles. The standard InChI is InChI=1S/C68H102N3O14PS2/c1-3-5-7-9-11-13-15-17-19-21-23-25-27-37-62(72)81-50-54(84-63(73)38-28-26-24-22-20-18-16-14-12-10-8-6-4-2)51-83-86(74,75)82-46-41-69-87(76,77)55-39-40-56(61(49-55)88(78,79)80)64-59-47-52-33-29-42-70-44-31-35-57(65(52)70)67(59)85-68-58-36-32-45-71-43-30-34-53(66(58)71)48-60(64)68/h39-40,47-49,54,69H,3-38,41-46,50-51H2,1-2H3,(H-,74,75,78,79,80)/p-1/t54-/m0/s1. The van der Waals surface area contributed by atoms with Gasteiger partial charge in [0, 0.05) is 84.1 Å². The SMILES string of the molecule is CCCCCCCCCCCCCCCC(=O)OC[C@@H](COP(=O)([O-])OCCNS(=O)(=O)c1ccc(C2=c3cc4c5c(c3Oc3c2cc2c6c3CCCN6CCC2)CCC[N+]=5CCC4)c(S(=O)(=O)[O-])c1)OC(=O)CCCCCCCCCCCCCCC. The largest absolute Gasteiger partial charge is 0.756 e. The van der Waals surface area contributed by atoms with Gasteiger partial charge in [-0.3, -0.25) is 14.2 Å². The maximum absolute atomic E-state index is 14.0. The molecule has 0 fully saturated rings. The number of esters is 2. The molecule has 0 bridgehead atoms. The van der Waals surface area contributed by atoms with Crippen LogP contribution in [0.3, 0.4) is 0 Å². The summed E-state index contributed by atoms with van der Waals surface area (Å²) >= 11 is 0. The smallest absolute Gasteiger partial charge is 0.306 e. The predicted octanol–water partition coefficient (Wildman–Crippen LogP) is 12.2. The Balaban J connectivity index is 0.875. The Labute approximate surface area is 525 Å². The fraction of sp³-hybridized carbons (Fsp3) is 0.691. The lowest BCUT2D eigenvalue weighted by Crippen LogP contribution is -2.45. The van der Waals surface area contributed by atoms with E-state index in [0.717, 1.165) is 162 Å². The summed E-state index contributed by atoms with van der Waals surface area (Å²) in [4.78, 5) is 40.2. The number of hydrogen-bond donors (Lipinski definition) is 1. The molecule has 0 saturated carbocycles. The quantitative estimate of drug-likeness (QED) is 0.0143. The predicted molar refractivity (Wildman–Crippen MR) is 341 cm³/mol. The van der Waals surface area contributed by atoms with Crippen molar-refractivity contribution in [2.75, 3.05) is 57.4 Å². The fourth-order valence-corrected chi connectivity index (χ4v) is 16.3. The number of nitrogens with zero attached hydrogens (tertiary/aromatic N) is 2. The molecule has 5 aliphatic rings. The number of nitrogens with one attached hydrogen (secondary N) is 1. The number of benzene rings is 3. The van der Waals surface area contributed by atoms with Crippen LogP contribution >= 0.6 is 7.82 Å². The van der Waals surface area contributed by atoms with Crippen LogP contribution in [0.25, 0.3) is 5.57 Å². The van der Waals surface area contributed by atoms with Crippen LogP contribution in [-0.2, 0) is 78.5 Å². The van der Waals surface area contributed by atoms with E-state index in [0.29, 0.717) is 40.7 Å². The van der Waals surface area contributed by atoms with Gasteiger partial charge in [-0.05, 0) is 81.2 Å². The highest BCUT2D eigenvalue weighted by molar-refractivity contribution is 7.89. The van der Waals surface area contributed by atoms with Gasteiger partial charge in [-0.25, -0.2) is 26.1 Å². The highest BCUT2D eigenvalue weighted by Gasteiger charge is 2.37. The summed E-state index contributed by atoms with van der Waals surface area (Å²) in [6.07, 6.45) is 35.8. The summed E-state index contributed by atoms with van der Waals surface area (Å²) in [7, 11) is -15.1. The number of hydrogen-bond acceptors (Lipinski definition) is 15. The van der Waals surface area contributed by atoms with E-state index in [1.54, 1.807) is 0 Å². The third-order valence-electron chi connectivity index (χ3n) is 18.2. The molecule has 88 heavy (non-hydrogen) atoms. The van der Waals surface area contributed by atoms with Crippen LogP contribution in [0.15, 0.2) is 40.1 Å². The molecule has 0 aromatic heterocycles. The van der Waals surface area contributed by atoms with Gasteiger partial charge in [-0.1, -0.05) is 174 Å². The average Bonchev–Trinajstić information content (AvgIpc) is 0.722. The lowest BCUT2D eigenvalue weighted by atomic mass is 9.82. The molecule has 0 spiro atoms. The van der Waals surface area contributed by atoms with Crippen LogP contribution in [0.5, 0.6) is 11.5 Å². The Hall–Kier alpha value is -4.20. The Morgan fingerprint density at radius 3 is 1.78 bits per heavy atom. The van der Waals surface area contributed by atoms with Crippen molar-refractivity contribution in [1.82, 2.24) is 9.30 Å². The van der Waals surface area contributed by atoms with E-state index in [-0.39, 0.29) is 18.4 Å². The van der Waals surface area contributed by atoms with Crippen LogP contribution in [0, 0.1) is 0 Å². The lowest BCUT2D eigenvalue weighted by molar-refractivity contribution is -0.228. The monoisotopic (exact) mass is 1280 g/mol. The number of ether oxygens (including phenoxy) is 3. The second-order valence-electron chi connectivity index (χ2n) is 25.2. The first kappa shape index (κ1) is 69.7. The number of sulfonamides is 1. The number of aryl methyl sites for hydroxylation is 2. The van der Waals surface area contributed by atoms with Crippen molar-refractivity contribution >= 4 is 51.2 Å². The molecule has 3 aromatic rings.